The molecule has 0 saturated carbocycles. The second kappa shape index (κ2) is 9.31. The van der Waals surface area contributed by atoms with Crippen LogP contribution in [0.1, 0.15) is 29.8 Å². The molecule has 1 amide bonds. The molecule has 0 saturated heterocycles. The van der Waals surface area contributed by atoms with Gasteiger partial charge in [-0.1, -0.05) is 26.0 Å². The standard InChI is InChI=1S/C20H20N2O6/c1-13(2)12-28-17-8-6-15(7-9-17)19(23)21-18(20(24)25)11-14-4-3-5-16(10-14)22(26)27/h3-11,13H,12H2,1-2H3,(H,21,23)(H,24,25)/p-1/b18-11-. The van der Waals surface area contributed by atoms with Gasteiger partial charge >= 0.3 is 0 Å². The Bertz CT molecular complexity index is 903. The van der Waals surface area contributed by atoms with Crippen LogP contribution in [-0.4, -0.2) is 23.4 Å². The van der Waals surface area contributed by atoms with Crippen molar-refractivity contribution in [3.05, 3.63) is 75.5 Å². The minimum Gasteiger partial charge on any atom is -0.543 e. The van der Waals surface area contributed by atoms with Crippen molar-refractivity contribution in [2.75, 3.05) is 6.61 Å². The fourth-order valence-corrected chi connectivity index (χ4v) is 2.20. The van der Waals surface area contributed by atoms with E-state index < -0.39 is 22.5 Å². The zero-order valence-corrected chi connectivity index (χ0v) is 15.4. The number of nitro groups is 1. The summed E-state index contributed by atoms with van der Waals surface area (Å²) in [6, 6.07) is 11.6. The van der Waals surface area contributed by atoms with E-state index >= 15 is 0 Å². The van der Waals surface area contributed by atoms with Gasteiger partial charge in [-0.05, 0) is 41.8 Å². The molecule has 0 bridgehead atoms. The molecule has 0 aliphatic rings. The fourth-order valence-electron chi connectivity index (χ4n) is 2.20. The molecule has 0 unspecified atom stereocenters. The van der Waals surface area contributed by atoms with Crippen LogP contribution in [0.2, 0.25) is 0 Å². The van der Waals surface area contributed by atoms with Gasteiger partial charge in [0, 0.05) is 17.7 Å². The molecule has 0 aliphatic carbocycles. The average molecular weight is 383 g/mol. The Balaban J connectivity index is 2.15. The minimum atomic E-state index is -1.61. The summed E-state index contributed by atoms with van der Waals surface area (Å²) in [6.45, 7) is 4.56. The van der Waals surface area contributed by atoms with E-state index in [1.54, 1.807) is 12.1 Å². The molecule has 8 nitrogen and oxygen atoms in total. The summed E-state index contributed by atoms with van der Waals surface area (Å²) in [5.74, 6) is -1.32. The van der Waals surface area contributed by atoms with E-state index in [9.17, 15) is 24.8 Å². The lowest BCUT2D eigenvalue weighted by molar-refractivity contribution is -0.384. The first-order valence-electron chi connectivity index (χ1n) is 8.48. The van der Waals surface area contributed by atoms with Gasteiger partial charge in [-0.15, -0.1) is 0 Å². The predicted octanol–water partition coefficient (Wildman–Crippen LogP) is 2.15. The molecule has 0 radical (unpaired) electrons. The normalized spacial score (nSPS) is 11.2. The van der Waals surface area contributed by atoms with Gasteiger partial charge in [0.2, 0.25) is 0 Å². The topological polar surface area (TPSA) is 122 Å². The lowest BCUT2D eigenvalue weighted by Crippen LogP contribution is -2.35. The molecule has 146 valence electrons. The molecule has 2 aromatic rings. The number of carboxylic acid groups (broad SMARTS) is 1. The number of benzene rings is 2. The molecular formula is C20H19N2O6-. The van der Waals surface area contributed by atoms with Gasteiger partial charge in [0.05, 0.1) is 23.2 Å². The van der Waals surface area contributed by atoms with Crippen molar-refractivity contribution in [1.82, 2.24) is 5.32 Å². The fraction of sp³-hybridized carbons (Fsp3) is 0.200. The Kier molecular flexibility index (Phi) is 6.86. The maximum absolute atomic E-state index is 12.3. The number of nitrogens with one attached hydrogen (secondary N) is 1. The highest BCUT2D eigenvalue weighted by molar-refractivity contribution is 6.02. The third-order valence-electron chi connectivity index (χ3n) is 3.56. The van der Waals surface area contributed by atoms with E-state index in [2.05, 4.69) is 5.32 Å². The Hall–Kier alpha value is -3.68. The zero-order chi connectivity index (χ0) is 20.7. The van der Waals surface area contributed by atoms with E-state index in [1.807, 2.05) is 13.8 Å². The SMILES string of the molecule is CC(C)COc1ccc(C(=O)N/C(=C\c2cccc([N+](=O)[O-])c2)C(=O)[O-])cc1. The van der Waals surface area contributed by atoms with E-state index in [0.29, 0.717) is 18.3 Å². The van der Waals surface area contributed by atoms with Gasteiger partial charge in [-0.3, -0.25) is 14.9 Å². The summed E-state index contributed by atoms with van der Waals surface area (Å²) < 4.78 is 5.53. The van der Waals surface area contributed by atoms with Crippen LogP contribution < -0.4 is 15.2 Å². The average Bonchev–Trinajstić information content (AvgIpc) is 2.66. The monoisotopic (exact) mass is 383 g/mol. The third kappa shape index (κ3) is 5.94. The van der Waals surface area contributed by atoms with Crippen molar-refractivity contribution >= 4 is 23.6 Å². The zero-order valence-electron chi connectivity index (χ0n) is 15.4. The smallest absolute Gasteiger partial charge is 0.270 e. The molecule has 2 rings (SSSR count). The van der Waals surface area contributed by atoms with Crippen LogP contribution in [-0.2, 0) is 4.79 Å². The number of nitrogens with zero attached hydrogens (tertiary/aromatic N) is 1. The van der Waals surface area contributed by atoms with Crippen molar-refractivity contribution in [1.29, 1.82) is 0 Å². The lowest BCUT2D eigenvalue weighted by atomic mass is 10.1. The molecule has 0 spiro atoms. The van der Waals surface area contributed by atoms with Crippen LogP contribution in [0.25, 0.3) is 6.08 Å². The number of ether oxygens (including phenoxy) is 1. The van der Waals surface area contributed by atoms with Gasteiger partial charge in [-0.25, -0.2) is 0 Å². The number of aliphatic carboxylic acids is 1. The Morgan fingerprint density at radius 1 is 1.18 bits per heavy atom. The number of non-ortho nitro benzene ring substituents is 1. The molecule has 1 N–H and O–H groups in total. The summed E-state index contributed by atoms with van der Waals surface area (Å²) >= 11 is 0. The number of hydrogen-bond donors (Lipinski definition) is 1. The highest BCUT2D eigenvalue weighted by Crippen LogP contribution is 2.16. The number of nitro benzene ring substituents is 1. The number of carboxylic acids is 1. The van der Waals surface area contributed by atoms with Gasteiger partial charge in [0.25, 0.3) is 11.6 Å². The molecule has 8 heteroatoms. The first kappa shape index (κ1) is 20.6. The number of amides is 1. The van der Waals surface area contributed by atoms with Crippen LogP contribution in [0.15, 0.2) is 54.2 Å². The third-order valence-corrected chi connectivity index (χ3v) is 3.56. The van der Waals surface area contributed by atoms with E-state index in [4.69, 9.17) is 4.74 Å². The Morgan fingerprint density at radius 3 is 2.43 bits per heavy atom. The molecule has 0 aliphatic heterocycles. The quantitative estimate of drug-likeness (QED) is 0.423. The summed E-state index contributed by atoms with van der Waals surface area (Å²) in [5.41, 5.74) is -0.241. The van der Waals surface area contributed by atoms with E-state index in [0.717, 1.165) is 6.08 Å². The van der Waals surface area contributed by atoms with Gasteiger partial charge in [-0.2, -0.15) is 0 Å². The van der Waals surface area contributed by atoms with Crippen LogP contribution >= 0.6 is 0 Å². The van der Waals surface area contributed by atoms with Crippen LogP contribution in [0, 0.1) is 16.0 Å². The van der Waals surface area contributed by atoms with Gasteiger partial charge < -0.3 is 20.0 Å². The summed E-state index contributed by atoms with van der Waals surface area (Å²) in [7, 11) is 0. The number of rotatable bonds is 8. The molecule has 28 heavy (non-hydrogen) atoms. The number of carbonyl (C=O) groups is 2. The second-order valence-electron chi connectivity index (χ2n) is 6.38. The molecule has 0 aromatic heterocycles. The van der Waals surface area contributed by atoms with Crippen molar-refractivity contribution < 1.29 is 24.4 Å². The highest BCUT2D eigenvalue weighted by atomic mass is 16.6. The van der Waals surface area contributed by atoms with Gasteiger partial charge in [0.15, 0.2) is 0 Å². The largest absolute Gasteiger partial charge is 0.543 e. The molecule has 0 fully saturated rings. The van der Waals surface area contributed by atoms with E-state index in [-0.39, 0.29) is 16.8 Å². The lowest BCUT2D eigenvalue weighted by Gasteiger charge is -2.12. The maximum atomic E-state index is 12.3. The maximum Gasteiger partial charge on any atom is 0.270 e. The number of carbonyl (C=O) groups excluding carboxylic acids is 2. The first-order chi connectivity index (χ1) is 13.3. The predicted molar refractivity (Wildman–Crippen MR) is 100 cm³/mol. The molecule has 0 atom stereocenters. The molecule has 2 aromatic carbocycles. The van der Waals surface area contributed by atoms with Crippen molar-refractivity contribution in [2.24, 2.45) is 5.92 Å². The van der Waals surface area contributed by atoms with Crippen molar-refractivity contribution in [3.8, 4) is 5.75 Å². The van der Waals surface area contributed by atoms with Crippen LogP contribution in [0.4, 0.5) is 5.69 Å². The Morgan fingerprint density at radius 2 is 1.86 bits per heavy atom. The van der Waals surface area contributed by atoms with Crippen LogP contribution in [0.3, 0.4) is 0 Å². The Labute approximate surface area is 161 Å². The first-order valence-corrected chi connectivity index (χ1v) is 8.48. The minimum absolute atomic E-state index is 0.199. The van der Waals surface area contributed by atoms with E-state index in [1.165, 1.54) is 36.4 Å². The van der Waals surface area contributed by atoms with Crippen molar-refractivity contribution in [3.63, 3.8) is 0 Å². The summed E-state index contributed by atoms with van der Waals surface area (Å²) in [4.78, 5) is 33.9. The second-order valence-corrected chi connectivity index (χ2v) is 6.38. The van der Waals surface area contributed by atoms with Crippen molar-refractivity contribution in [2.45, 2.75) is 13.8 Å². The summed E-state index contributed by atoms with van der Waals surface area (Å²) in [6.07, 6.45) is 1.10. The van der Waals surface area contributed by atoms with Crippen LogP contribution in [0.5, 0.6) is 5.75 Å². The highest BCUT2D eigenvalue weighted by Gasteiger charge is 2.11. The molecule has 0 heterocycles. The molecular weight excluding hydrogens is 364 g/mol. The number of hydrogen-bond acceptors (Lipinski definition) is 6. The summed E-state index contributed by atoms with van der Waals surface area (Å²) in [5, 5.41) is 24.4. The van der Waals surface area contributed by atoms with Gasteiger partial charge in [0.1, 0.15) is 5.75 Å².